The zero-order chi connectivity index (χ0) is 12.5. The third kappa shape index (κ3) is 2.61. The normalized spacial score (nSPS) is 19.4. The maximum Gasteiger partial charge on any atom is 0.0612 e. The molecule has 3 heteroatoms. The lowest BCUT2D eigenvalue weighted by Crippen LogP contribution is -2.52. The quantitative estimate of drug-likeness (QED) is 0.817. The zero-order valence-corrected chi connectivity index (χ0v) is 10.7. The smallest absolute Gasteiger partial charge is 0.0612 e. The van der Waals surface area contributed by atoms with Gasteiger partial charge in [-0.2, -0.15) is 0 Å². The molecule has 0 aliphatic carbocycles. The van der Waals surface area contributed by atoms with Gasteiger partial charge >= 0.3 is 0 Å². The van der Waals surface area contributed by atoms with Gasteiger partial charge in [-0.05, 0) is 49.9 Å². The van der Waals surface area contributed by atoms with E-state index in [0.29, 0.717) is 0 Å². The Morgan fingerprint density at radius 3 is 2.41 bits per heavy atom. The number of nitrogens with two attached hydrogens (primary N) is 1. The second kappa shape index (κ2) is 4.67. The van der Waals surface area contributed by atoms with E-state index < -0.39 is 0 Å². The molecule has 1 heterocycles. The number of piperidine rings is 1. The molecule has 3 N–H and O–H groups in total. The largest absolute Gasteiger partial charge is 0.394 e. The third-order valence-electron chi connectivity index (χ3n) is 3.93. The Bertz CT molecular complexity index is 395. The molecular weight excluding hydrogens is 212 g/mol. The van der Waals surface area contributed by atoms with Crippen molar-refractivity contribution < 1.29 is 5.11 Å². The van der Waals surface area contributed by atoms with E-state index in [0.717, 1.165) is 25.9 Å². The van der Waals surface area contributed by atoms with Crippen LogP contribution >= 0.6 is 0 Å². The van der Waals surface area contributed by atoms with Gasteiger partial charge in [0.15, 0.2) is 0 Å². The number of rotatable bonds is 2. The lowest BCUT2D eigenvalue weighted by atomic mass is 9.89. The highest BCUT2D eigenvalue weighted by molar-refractivity contribution is 5.51. The molecule has 0 unspecified atom stereocenters. The van der Waals surface area contributed by atoms with Crippen LogP contribution in [0.2, 0.25) is 0 Å². The maximum atomic E-state index is 9.24. The van der Waals surface area contributed by atoms with E-state index in [4.69, 9.17) is 5.73 Å². The van der Waals surface area contributed by atoms with Crippen molar-refractivity contribution in [2.45, 2.75) is 32.2 Å². The van der Waals surface area contributed by atoms with Crippen LogP contribution in [-0.2, 0) is 0 Å². The summed E-state index contributed by atoms with van der Waals surface area (Å²) in [4.78, 5) is 2.35. The van der Waals surface area contributed by atoms with Crippen LogP contribution in [0, 0.1) is 13.8 Å². The van der Waals surface area contributed by atoms with Crippen molar-refractivity contribution in [3.05, 3.63) is 29.3 Å². The molecule has 1 aliphatic rings. The average molecular weight is 234 g/mol. The summed E-state index contributed by atoms with van der Waals surface area (Å²) in [6.45, 7) is 6.22. The van der Waals surface area contributed by atoms with Crippen LogP contribution in [0.4, 0.5) is 5.69 Å². The SMILES string of the molecule is Cc1ccc(N2CCC(N)(CO)CC2)cc1C. The molecule has 17 heavy (non-hydrogen) atoms. The van der Waals surface area contributed by atoms with Crippen LogP contribution in [0.5, 0.6) is 0 Å². The Morgan fingerprint density at radius 2 is 1.88 bits per heavy atom. The van der Waals surface area contributed by atoms with Gasteiger partial charge in [-0.15, -0.1) is 0 Å². The maximum absolute atomic E-state index is 9.24. The minimum atomic E-state index is -0.365. The van der Waals surface area contributed by atoms with Gasteiger partial charge in [-0.1, -0.05) is 6.07 Å². The number of aliphatic hydroxyl groups is 1. The van der Waals surface area contributed by atoms with Crippen LogP contribution in [0.15, 0.2) is 18.2 Å². The van der Waals surface area contributed by atoms with Crippen molar-refractivity contribution in [2.24, 2.45) is 5.73 Å². The van der Waals surface area contributed by atoms with E-state index in [-0.39, 0.29) is 12.1 Å². The third-order valence-corrected chi connectivity index (χ3v) is 3.93. The van der Waals surface area contributed by atoms with Crippen LogP contribution < -0.4 is 10.6 Å². The van der Waals surface area contributed by atoms with E-state index >= 15 is 0 Å². The first-order chi connectivity index (χ1) is 8.04. The van der Waals surface area contributed by atoms with Crippen molar-refractivity contribution in [3.63, 3.8) is 0 Å². The highest BCUT2D eigenvalue weighted by Gasteiger charge is 2.29. The average Bonchev–Trinajstić information content (AvgIpc) is 2.34. The molecule has 1 aliphatic heterocycles. The fourth-order valence-corrected chi connectivity index (χ4v) is 2.29. The monoisotopic (exact) mass is 234 g/mol. The number of nitrogens with zero attached hydrogens (tertiary/aromatic N) is 1. The summed E-state index contributed by atoms with van der Waals surface area (Å²) in [5, 5.41) is 9.24. The van der Waals surface area contributed by atoms with Crippen LogP contribution in [0.25, 0.3) is 0 Å². The van der Waals surface area contributed by atoms with E-state index in [2.05, 4.69) is 36.9 Å². The molecule has 0 radical (unpaired) electrons. The van der Waals surface area contributed by atoms with Crippen LogP contribution in [0.3, 0.4) is 0 Å². The predicted molar refractivity (Wildman–Crippen MR) is 71.4 cm³/mol. The Balaban J connectivity index is 2.08. The van der Waals surface area contributed by atoms with E-state index in [1.54, 1.807) is 0 Å². The Morgan fingerprint density at radius 1 is 1.24 bits per heavy atom. The molecule has 0 saturated carbocycles. The van der Waals surface area contributed by atoms with Crippen molar-refractivity contribution in [1.82, 2.24) is 0 Å². The van der Waals surface area contributed by atoms with Crippen molar-refractivity contribution in [3.8, 4) is 0 Å². The second-order valence-electron chi connectivity index (χ2n) is 5.28. The van der Waals surface area contributed by atoms with Crippen molar-refractivity contribution >= 4 is 5.69 Å². The van der Waals surface area contributed by atoms with Crippen LogP contribution in [-0.4, -0.2) is 30.3 Å². The van der Waals surface area contributed by atoms with Gasteiger partial charge in [-0.3, -0.25) is 0 Å². The fourth-order valence-electron chi connectivity index (χ4n) is 2.29. The Hall–Kier alpha value is -1.06. The molecule has 1 fully saturated rings. The summed E-state index contributed by atoms with van der Waals surface area (Å²) in [6.07, 6.45) is 1.72. The Kier molecular flexibility index (Phi) is 3.40. The summed E-state index contributed by atoms with van der Waals surface area (Å²) >= 11 is 0. The van der Waals surface area contributed by atoms with Gasteiger partial charge in [0.2, 0.25) is 0 Å². The molecule has 0 bridgehead atoms. The first kappa shape index (κ1) is 12.4. The topological polar surface area (TPSA) is 49.5 Å². The minimum absolute atomic E-state index is 0.0910. The van der Waals surface area contributed by atoms with Gasteiger partial charge in [0, 0.05) is 24.3 Å². The summed E-state index contributed by atoms with van der Waals surface area (Å²) in [5.74, 6) is 0. The molecule has 0 amide bonds. The van der Waals surface area contributed by atoms with Gasteiger partial charge in [0.05, 0.1) is 6.61 Å². The standard InChI is InChI=1S/C14H22N2O/c1-11-3-4-13(9-12(11)2)16-7-5-14(15,10-17)6-8-16/h3-4,9,17H,5-8,10,15H2,1-2H3. The number of aryl methyl sites for hydroxylation is 2. The number of anilines is 1. The molecule has 1 aromatic rings. The number of aliphatic hydroxyl groups excluding tert-OH is 1. The summed E-state index contributed by atoms with van der Waals surface area (Å²) in [6, 6.07) is 6.57. The van der Waals surface area contributed by atoms with Crippen molar-refractivity contribution in [2.75, 3.05) is 24.6 Å². The number of benzene rings is 1. The fraction of sp³-hybridized carbons (Fsp3) is 0.571. The summed E-state index contributed by atoms with van der Waals surface area (Å²) in [5.41, 5.74) is 9.64. The van der Waals surface area contributed by atoms with E-state index in [1.165, 1.54) is 16.8 Å². The summed E-state index contributed by atoms with van der Waals surface area (Å²) < 4.78 is 0. The molecular formula is C14H22N2O. The van der Waals surface area contributed by atoms with E-state index in [1.807, 2.05) is 0 Å². The summed E-state index contributed by atoms with van der Waals surface area (Å²) in [7, 11) is 0. The number of hydrogen-bond acceptors (Lipinski definition) is 3. The van der Waals surface area contributed by atoms with Gasteiger partial charge < -0.3 is 15.7 Å². The molecule has 0 spiro atoms. The molecule has 1 aromatic carbocycles. The minimum Gasteiger partial charge on any atom is -0.394 e. The molecule has 3 nitrogen and oxygen atoms in total. The molecule has 1 saturated heterocycles. The molecule has 0 atom stereocenters. The van der Waals surface area contributed by atoms with Gasteiger partial charge in [0.1, 0.15) is 0 Å². The van der Waals surface area contributed by atoms with E-state index in [9.17, 15) is 5.11 Å². The first-order valence-electron chi connectivity index (χ1n) is 6.26. The first-order valence-corrected chi connectivity index (χ1v) is 6.26. The highest BCUT2D eigenvalue weighted by Crippen LogP contribution is 2.25. The Labute approximate surface area is 103 Å². The lowest BCUT2D eigenvalue weighted by Gasteiger charge is -2.39. The number of hydrogen-bond donors (Lipinski definition) is 2. The molecule has 94 valence electrons. The van der Waals surface area contributed by atoms with Gasteiger partial charge in [0.25, 0.3) is 0 Å². The molecule has 0 aromatic heterocycles. The zero-order valence-electron chi connectivity index (χ0n) is 10.7. The second-order valence-corrected chi connectivity index (χ2v) is 5.28. The highest BCUT2D eigenvalue weighted by atomic mass is 16.3. The van der Waals surface area contributed by atoms with Crippen molar-refractivity contribution in [1.29, 1.82) is 0 Å². The van der Waals surface area contributed by atoms with Crippen LogP contribution in [0.1, 0.15) is 24.0 Å². The molecule has 2 rings (SSSR count). The predicted octanol–water partition coefficient (Wildman–Crippen LogP) is 1.59. The van der Waals surface area contributed by atoms with Gasteiger partial charge in [-0.25, -0.2) is 0 Å². The lowest BCUT2D eigenvalue weighted by molar-refractivity contribution is 0.170.